The third kappa shape index (κ3) is 3.26. The molecule has 2 aliphatic rings. The molecule has 0 unspecified atom stereocenters. The minimum absolute atomic E-state index is 0.0534. The first-order chi connectivity index (χ1) is 17.3. The van der Waals surface area contributed by atoms with E-state index in [1.165, 1.54) is 23.1 Å². The Hall–Kier alpha value is -3.98. The summed E-state index contributed by atoms with van der Waals surface area (Å²) in [5.74, 6) is -1.81. The van der Waals surface area contributed by atoms with E-state index in [0.717, 1.165) is 5.56 Å². The van der Waals surface area contributed by atoms with Gasteiger partial charge in [-0.2, -0.15) is 0 Å². The number of H-pyrrole nitrogens is 1. The Morgan fingerprint density at radius 1 is 1.08 bits per heavy atom. The minimum atomic E-state index is -1.24. The Bertz CT molecular complexity index is 1520. The van der Waals surface area contributed by atoms with Crippen LogP contribution in [-0.4, -0.2) is 38.1 Å². The molecule has 1 atom stereocenters. The summed E-state index contributed by atoms with van der Waals surface area (Å²) in [6, 6.07) is 14.0. The normalized spacial score (nSPS) is 19.2. The summed E-state index contributed by atoms with van der Waals surface area (Å²) < 4.78 is 27.3. The van der Waals surface area contributed by atoms with Crippen molar-refractivity contribution < 1.29 is 18.4 Å². The summed E-state index contributed by atoms with van der Waals surface area (Å²) in [7, 11) is 0. The van der Waals surface area contributed by atoms with Gasteiger partial charge in [0.05, 0.1) is 28.2 Å². The Morgan fingerprint density at radius 2 is 1.86 bits per heavy atom. The van der Waals surface area contributed by atoms with Crippen molar-refractivity contribution in [3.05, 3.63) is 93.6 Å². The van der Waals surface area contributed by atoms with Crippen molar-refractivity contribution in [1.29, 1.82) is 0 Å². The Kier molecular flexibility index (Phi) is 5.01. The van der Waals surface area contributed by atoms with Gasteiger partial charge in [-0.25, -0.2) is 13.8 Å². The van der Waals surface area contributed by atoms with E-state index in [2.05, 4.69) is 9.97 Å². The predicted molar refractivity (Wildman–Crippen MR) is 130 cm³/mol. The number of fused-ring (bicyclic) bond motifs is 3. The lowest BCUT2D eigenvalue weighted by molar-refractivity contribution is -0.137. The smallest absolute Gasteiger partial charge is 0.257 e. The summed E-state index contributed by atoms with van der Waals surface area (Å²) in [5.41, 5.74) is 7.48. The second-order valence-electron chi connectivity index (χ2n) is 9.10. The Morgan fingerprint density at radius 3 is 2.64 bits per heavy atom. The van der Waals surface area contributed by atoms with Crippen LogP contribution >= 0.6 is 11.6 Å². The van der Waals surface area contributed by atoms with Crippen LogP contribution in [0.25, 0.3) is 11.0 Å². The molecule has 6 rings (SSSR count). The van der Waals surface area contributed by atoms with Gasteiger partial charge in [-0.05, 0) is 29.8 Å². The molecule has 1 saturated heterocycles. The molecule has 0 saturated carbocycles. The van der Waals surface area contributed by atoms with Gasteiger partial charge in [-0.3, -0.25) is 9.59 Å². The van der Waals surface area contributed by atoms with Crippen molar-refractivity contribution >= 4 is 40.3 Å². The van der Waals surface area contributed by atoms with E-state index in [0.29, 0.717) is 40.8 Å². The van der Waals surface area contributed by atoms with Crippen LogP contribution in [0.1, 0.15) is 33.6 Å². The first-order valence-corrected chi connectivity index (χ1v) is 11.7. The lowest BCUT2D eigenvalue weighted by Gasteiger charge is -2.34. The molecule has 1 fully saturated rings. The number of pyridine rings is 1. The molecular formula is C26H20ClF2N5O2. The van der Waals surface area contributed by atoms with Gasteiger partial charge >= 0.3 is 0 Å². The highest BCUT2D eigenvalue weighted by Crippen LogP contribution is 2.49. The third-order valence-corrected chi connectivity index (χ3v) is 7.33. The minimum Gasteiger partial charge on any atom is -0.381 e. The van der Waals surface area contributed by atoms with Crippen LogP contribution in [0, 0.1) is 11.6 Å². The molecule has 36 heavy (non-hydrogen) atoms. The fraction of sp³-hybridized carbons (Fsp3) is 0.192. The topological polar surface area (TPSA) is 95.3 Å². The van der Waals surface area contributed by atoms with Crippen molar-refractivity contribution in [2.24, 2.45) is 0 Å². The third-order valence-electron chi connectivity index (χ3n) is 7.02. The van der Waals surface area contributed by atoms with Crippen LogP contribution in [-0.2, 0) is 23.4 Å². The quantitative estimate of drug-likeness (QED) is 0.429. The first-order valence-electron chi connectivity index (χ1n) is 11.4. The zero-order chi connectivity index (χ0) is 25.2. The molecule has 182 valence electrons. The molecular weight excluding hydrogens is 488 g/mol. The monoisotopic (exact) mass is 507 g/mol. The molecule has 4 heterocycles. The van der Waals surface area contributed by atoms with E-state index in [1.54, 1.807) is 41.3 Å². The maximum Gasteiger partial charge on any atom is 0.257 e. The number of aromatic nitrogens is 2. The van der Waals surface area contributed by atoms with Gasteiger partial charge in [-0.15, -0.1) is 0 Å². The number of nitrogens with zero attached hydrogens (tertiary/aromatic N) is 3. The number of amides is 2. The molecule has 1 spiro atoms. The summed E-state index contributed by atoms with van der Waals surface area (Å²) in [4.78, 5) is 38.0. The average molecular weight is 508 g/mol. The molecule has 2 aromatic carbocycles. The number of carbonyl (C=O) groups excluding carboxylic acids is 2. The molecule has 0 radical (unpaired) electrons. The maximum absolute atomic E-state index is 14.0. The van der Waals surface area contributed by atoms with Gasteiger partial charge < -0.3 is 20.5 Å². The summed E-state index contributed by atoms with van der Waals surface area (Å²) in [6.07, 6.45) is 0.367. The lowest BCUT2D eigenvalue weighted by atomic mass is 9.87. The molecule has 2 amide bonds. The van der Waals surface area contributed by atoms with Crippen molar-refractivity contribution in [2.75, 3.05) is 12.3 Å². The average Bonchev–Trinajstić information content (AvgIpc) is 3.46. The SMILES string of the molecule is Nc1nc2cc(CN3C(=O)c4c(Cl)cccc4[C@@]34CCN(Cc3ccc(F)cc3)C4=O)[nH]c2cc1F. The van der Waals surface area contributed by atoms with Gasteiger partial charge in [0.1, 0.15) is 5.82 Å². The summed E-state index contributed by atoms with van der Waals surface area (Å²) in [6.45, 7) is 0.744. The number of anilines is 1. The molecule has 3 N–H and O–H groups in total. The highest BCUT2D eigenvalue weighted by atomic mass is 35.5. The van der Waals surface area contributed by atoms with Crippen LogP contribution in [0.5, 0.6) is 0 Å². The van der Waals surface area contributed by atoms with Crippen LogP contribution in [0.4, 0.5) is 14.6 Å². The number of likely N-dealkylation sites (tertiary alicyclic amines) is 1. The number of benzene rings is 2. The van der Waals surface area contributed by atoms with Crippen molar-refractivity contribution in [3.8, 4) is 0 Å². The summed E-state index contributed by atoms with van der Waals surface area (Å²) in [5, 5.41) is 0.275. The maximum atomic E-state index is 14.0. The fourth-order valence-corrected chi connectivity index (χ4v) is 5.59. The molecule has 2 aromatic heterocycles. The predicted octanol–water partition coefficient (Wildman–Crippen LogP) is 4.36. The van der Waals surface area contributed by atoms with Gasteiger partial charge in [-0.1, -0.05) is 35.9 Å². The number of halogens is 3. The van der Waals surface area contributed by atoms with E-state index >= 15 is 0 Å². The Balaban J connectivity index is 1.40. The molecule has 0 aliphatic carbocycles. The second kappa shape index (κ2) is 8.03. The fourth-order valence-electron chi connectivity index (χ4n) is 5.33. The number of nitrogen functional groups attached to an aromatic ring is 1. The van der Waals surface area contributed by atoms with Crippen molar-refractivity contribution in [3.63, 3.8) is 0 Å². The zero-order valence-electron chi connectivity index (χ0n) is 18.9. The second-order valence-corrected chi connectivity index (χ2v) is 9.51. The number of nitrogens with two attached hydrogens (primary N) is 1. The van der Waals surface area contributed by atoms with Crippen molar-refractivity contribution in [2.45, 2.75) is 25.0 Å². The molecule has 0 bridgehead atoms. The number of hydrogen-bond acceptors (Lipinski definition) is 4. The Labute approximate surface area is 209 Å². The van der Waals surface area contributed by atoms with E-state index in [4.69, 9.17) is 17.3 Å². The molecule has 7 nitrogen and oxygen atoms in total. The van der Waals surface area contributed by atoms with Gasteiger partial charge in [0.25, 0.3) is 11.8 Å². The first kappa shape index (κ1) is 22.5. The van der Waals surface area contributed by atoms with Crippen molar-refractivity contribution in [1.82, 2.24) is 19.8 Å². The van der Waals surface area contributed by atoms with E-state index in [-0.39, 0.29) is 41.6 Å². The number of carbonyl (C=O) groups is 2. The van der Waals surface area contributed by atoms with Gasteiger partial charge in [0.2, 0.25) is 0 Å². The van der Waals surface area contributed by atoms with E-state index in [9.17, 15) is 18.4 Å². The highest BCUT2D eigenvalue weighted by Gasteiger charge is 2.59. The van der Waals surface area contributed by atoms with Crippen LogP contribution < -0.4 is 5.73 Å². The van der Waals surface area contributed by atoms with E-state index in [1.807, 2.05) is 0 Å². The largest absolute Gasteiger partial charge is 0.381 e. The highest BCUT2D eigenvalue weighted by molar-refractivity contribution is 6.34. The number of rotatable bonds is 4. The van der Waals surface area contributed by atoms with Crippen LogP contribution in [0.3, 0.4) is 0 Å². The lowest BCUT2D eigenvalue weighted by Crippen LogP contribution is -2.49. The van der Waals surface area contributed by atoms with Crippen LogP contribution in [0.15, 0.2) is 54.6 Å². The van der Waals surface area contributed by atoms with Gasteiger partial charge in [0, 0.05) is 36.8 Å². The molecule has 2 aliphatic heterocycles. The molecule has 10 heteroatoms. The number of hydrogen-bond donors (Lipinski definition) is 2. The molecule has 4 aromatic rings. The standard InChI is InChI=1S/C26H20ClF2N5O2/c27-18-3-1-2-17-22(18)24(35)34(13-16-10-20-21(31-16)11-19(29)23(30)32-20)26(17)8-9-33(25(26)36)12-14-4-6-15(28)7-5-14/h1-7,10-11,31H,8-9,12-13H2,(H2,30,32)/t26-/m1/s1. The zero-order valence-corrected chi connectivity index (χ0v) is 19.6. The summed E-state index contributed by atoms with van der Waals surface area (Å²) >= 11 is 6.44. The van der Waals surface area contributed by atoms with Crippen LogP contribution in [0.2, 0.25) is 5.02 Å². The van der Waals surface area contributed by atoms with Gasteiger partial charge in [0.15, 0.2) is 17.2 Å². The number of nitrogens with one attached hydrogen (secondary N) is 1. The van der Waals surface area contributed by atoms with E-state index < -0.39 is 11.4 Å². The number of aromatic amines is 1.